The maximum Gasteiger partial charge on any atom is 0.135 e. The van der Waals surface area contributed by atoms with Crippen LogP contribution >= 0.6 is 15.9 Å². The highest BCUT2D eigenvalue weighted by Gasteiger charge is 2.13. The molecule has 0 bridgehead atoms. The topological polar surface area (TPSA) is 21.3 Å². The van der Waals surface area contributed by atoms with Gasteiger partial charge in [-0.2, -0.15) is 0 Å². The van der Waals surface area contributed by atoms with Gasteiger partial charge in [0.15, 0.2) is 0 Å². The molecule has 0 aromatic heterocycles. The van der Waals surface area contributed by atoms with Crippen LogP contribution in [0.1, 0.15) is 31.9 Å². The van der Waals surface area contributed by atoms with Crippen LogP contribution in [-0.2, 0) is 0 Å². The van der Waals surface area contributed by atoms with Gasteiger partial charge in [-0.25, -0.2) is 0 Å². The second kappa shape index (κ2) is 7.51. The lowest BCUT2D eigenvalue weighted by Gasteiger charge is -2.23. The molecule has 112 valence electrons. The van der Waals surface area contributed by atoms with Crippen molar-refractivity contribution in [1.82, 2.24) is 0 Å². The monoisotopic (exact) mass is 347 g/mol. The lowest BCUT2D eigenvalue weighted by atomic mass is 9.97. The Hall–Kier alpha value is -1.48. The van der Waals surface area contributed by atoms with Crippen LogP contribution in [0.2, 0.25) is 0 Å². The second-order valence-electron chi connectivity index (χ2n) is 5.59. The molecular weight excluding hydrogens is 326 g/mol. The molecule has 0 aliphatic carbocycles. The summed E-state index contributed by atoms with van der Waals surface area (Å²) in [6, 6.07) is 17.0. The standard InChI is InChI=1S/C18H22BrNO/c1-13(2)11-17(14-7-5-4-6-8-14)20-15-9-10-16(19)18(12-15)21-3/h4-10,12-13,17,20H,11H2,1-3H3. The summed E-state index contributed by atoms with van der Waals surface area (Å²) < 4.78 is 6.34. The fraction of sp³-hybridized carbons (Fsp3) is 0.333. The van der Waals surface area contributed by atoms with Gasteiger partial charge in [-0.3, -0.25) is 0 Å². The number of ether oxygens (including phenoxy) is 1. The van der Waals surface area contributed by atoms with Crippen molar-refractivity contribution in [2.75, 3.05) is 12.4 Å². The van der Waals surface area contributed by atoms with Gasteiger partial charge in [-0.15, -0.1) is 0 Å². The quantitative estimate of drug-likeness (QED) is 0.728. The maximum absolute atomic E-state index is 5.37. The minimum atomic E-state index is 0.303. The summed E-state index contributed by atoms with van der Waals surface area (Å²) in [5.74, 6) is 1.47. The van der Waals surface area contributed by atoms with E-state index in [1.54, 1.807) is 7.11 Å². The molecule has 0 radical (unpaired) electrons. The summed E-state index contributed by atoms with van der Waals surface area (Å²) in [7, 11) is 1.69. The molecule has 0 saturated carbocycles. The number of nitrogens with one attached hydrogen (secondary N) is 1. The highest BCUT2D eigenvalue weighted by Crippen LogP contribution is 2.31. The number of hydrogen-bond donors (Lipinski definition) is 1. The maximum atomic E-state index is 5.37. The van der Waals surface area contributed by atoms with E-state index in [4.69, 9.17) is 4.74 Å². The van der Waals surface area contributed by atoms with Crippen molar-refractivity contribution in [3.63, 3.8) is 0 Å². The van der Waals surface area contributed by atoms with Crippen LogP contribution in [0, 0.1) is 5.92 Å². The Morgan fingerprint density at radius 1 is 1.10 bits per heavy atom. The van der Waals surface area contributed by atoms with E-state index in [9.17, 15) is 0 Å². The van der Waals surface area contributed by atoms with Crippen LogP contribution in [0.25, 0.3) is 0 Å². The first kappa shape index (κ1) is 15.9. The van der Waals surface area contributed by atoms with Gasteiger partial charge in [0.2, 0.25) is 0 Å². The minimum Gasteiger partial charge on any atom is -0.495 e. The first-order chi connectivity index (χ1) is 10.1. The molecule has 0 saturated heterocycles. The van der Waals surface area contributed by atoms with Crippen molar-refractivity contribution in [2.45, 2.75) is 26.3 Å². The third-order valence-corrected chi connectivity index (χ3v) is 4.06. The average molecular weight is 348 g/mol. The van der Waals surface area contributed by atoms with Gasteiger partial charge in [0.25, 0.3) is 0 Å². The smallest absolute Gasteiger partial charge is 0.135 e. The average Bonchev–Trinajstić information content (AvgIpc) is 2.49. The Labute approximate surface area is 135 Å². The highest BCUT2D eigenvalue weighted by molar-refractivity contribution is 9.10. The van der Waals surface area contributed by atoms with Crippen molar-refractivity contribution in [2.24, 2.45) is 5.92 Å². The van der Waals surface area contributed by atoms with Gasteiger partial charge in [-0.1, -0.05) is 44.2 Å². The molecule has 0 aliphatic rings. The number of rotatable bonds is 6. The lowest BCUT2D eigenvalue weighted by molar-refractivity contribution is 0.412. The van der Waals surface area contributed by atoms with Crippen LogP contribution < -0.4 is 10.1 Å². The fourth-order valence-corrected chi connectivity index (χ4v) is 2.79. The van der Waals surface area contributed by atoms with E-state index in [1.165, 1.54) is 5.56 Å². The minimum absolute atomic E-state index is 0.303. The number of anilines is 1. The summed E-state index contributed by atoms with van der Waals surface area (Å²) in [6.45, 7) is 4.50. The van der Waals surface area contributed by atoms with Crippen molar-refractivity contribution in [1.29, 1.82) is 0 Å². The summed E-state index contributed by atoms with van der Waals surface area (Å²) in [5, 5.41) is 3.63. The van der Waals surface area contributed by atoms with Crippen LogP contribution in [0.15, 0.2) is 53.0 Å². The molecule has 0 amide bonds. The Morgan fingerprint density at radius 3 is 2.43 bits per heavy atom. The molecule has 21 heavy (non-hydrogen) atoms. The fourth-order valence-electron chi connectivity index (χ4n) is 2.39. The van der Waals surface area contributed by atoms with Crippen molar-refractivity contribution >= 4 is 21.6 Å². The molecule has 1 N–H and O–H groups in total. The van der Waals surface area contributed by atoms with Crippen LogP contribution in [0.3, 0.4) is 0 Å². The molecule has 3 heteroatoms. The molecular formula is C18H22BrNO. The normalized spacial score (nSPS) is 12.2. The molecule has 2 aromatic carbocycles. The van der Waals surface area contributed by atoms with Crippen LogP contribution in [0.5, 0.6) is 5.75 Å². The van der Waals surface area contributed by atoms with E-state index in [0.29, 0.717) is 12.0 Å². The molecule has 2 aromatic rings. The number of benzene rings is 2. The number of halogens is 1. The van der Waals surface area contributed by atoms with Crippen LogP contribution in [0.4, 0.5) is 5.69 Å². The molecule has 1 atom stereocenters. The predicted octanol–water partition coefficient (Wildman–Crippen LogP) is 5.66. The van der Waals surface area contributed by atoms with Gasteiger partial charge in [0.05, 0.1) is 17.6 Å². The SMILES string of the molecule is COc1cc(NC(CC(C)C)c2ccccc2)ccc1Br. The van der Waals surface area contributed by atoms with E-state index in [0.717, 1.165) is 22.3 Å². The molecule has 2 nitrogen and oxygen atoms in total. The van der Waals surface area contributed by atoms with Crippen molar-refractivity contribution < 1.29 is 4.74 Å². The third-order valence-electron chi connectivity index (χ3n) is 3.40. The Bertz CT molecular complexity index is 569. The number of methoxy groups -OCH3 is 1. The van der Waals surface area contributed by atoms with Gasteiger partial charge < -0.3 is 10.1 Å². The van der Waals surface area contributed by atoms with E-state index < -0.39 is 0 Å². The molecule has 0 fully saturated rings. The lowest BCUT2D eigenvalue weighted by Crippen LogP contribution is -2.13. The Kier molecular flexibility index (Phi) is 5.68. The van der Waals surface area contributed by atoms with Gasteiger partial charge in [-0.05, 0) is 46.0 Å². The zero-order chi connectivity index (χ0) is 15.2. The third kappa shape index (κ3) is 4.50. The van der Waals surface area contributed by atoms with Crippen molar-refractivity contribution in [3.8, 4) is 5.75 Å². The van der Waals surface area contributed by atoms with Gasteiger partial charge in [0, 0.05) is 11.8 Å². The van der Waals surface area contributed by atoms with E-state index in [2.05, 4.69) is 71.5 Å². The zero-order valence-corrected chi connectivity index (χ0v) is 14.4. The summed E-state index contributed by atoms with van der Waals surface area (Å²) in [4.78, 5) is 0. The molecule has 1 unspecified atom stereocenters. The van der Waals surface area contributed by atoms with E-state index in [-0.39, 0.29) is 0 Å². The van der Waals surface area contributed by atoms with Gasteiger partial charge in [0.1, 0.15) is 5.75 Å². The Balaban J connectivity index is 2.23. The largest absolute Gasteiger partial charge is 0.495 e. The van der Waals surface area contributed by atoms with Gasteiger partial charge >= 0.3 is 0 Å². The van der Waals surface area contributed by atoms with Crippen LogP contribution in [-0.4, -0.2) is 7.11 Å². The molecule has 0 heterocycles. The zero-order valence-electron chi connectivity index (χ0n) is 12.8. The first-order valence-corrected chi connectivity index (χ1v) is 8.04. The van der Waals surface area contributed by atoms with Crippen molar-refractivity contribution in [3.05, 3.63) is 58.6 Å². The Morgan fingerprint density at radius 2 is 1.81 bits per heavy atom. The highest BCUT2D eigenvalue weighted by atomic mass is 79.9. The predicted molar refractivity (Wildman–Crippen MR) is 93.0 cm³/mol. The molecule has 2 rings (SSSR count). The summed E-state index contributed by atoms with van der Waals surface area (Å²) in [5.41, 5.74) is 2.39. The van der Waals surface area contributed by atoms with E-state index >= 15 is 0 Å². The van der Waals surface area contributed by atoms with E-state index in [1.807, 2.05) is 12.1 Å². The molecule has 0 aliphatic heterocycles. The summed E-state index contributed by atoms with van der Waals surface area (Å²) >= 11 is 3.49. The summed E-state index contributed by atoms with van der Waals surface area (Å²) in [6.07, 6.45) is 1.09. The first-order valence-electron chi connectivity index (χ1n) is 7.25. The molecule has 0 spiro atoms. The number of hydrogen-bond acceptors (Lipinski definition) is 2. The second-order valence-corrected chi connectivity index (χ2v) is 6.44.